The third-order valence-corrected chi connectivity index (χ3v) is 2.69. The van der Waals surface area contributed by atoms with Gasteiger partial charge in [0.2, 0.25) is 5.91 Å². The van der Waals surface area contributed by atoms with Crippen LogP contribution in [-0.4, -0.2) is 50.7 Å². The number of amides is 1. The first kappa shape index (κ1) is 16.9. The Kier molecular flexibility index (Phi) is 9.28. The predicted octanol–water partition coefficient (Wildman–Crippen LogP) is 1.46. The summed E-state index contributed by atoms with van der Waals surface area (Å²) in [7, 11) is 3.00. The van der Waals surface area contributed by atoms with E-state index in [0.29, 0.717) is 26.1 Å². The number of ether oxygens (including phenoxy) is 2. The van der Waals surface area contributed by atoms with E-state index in [0.717, 1.165) is 12.8 Å². The number of methoxy groups -OCH3 is 2. The molecule has 0 aromatic heterocycles. The maximum Gasteiger partial charge on any atom is 0.310 e. The zero-order valence-corrected chi connectivity index (χ0v) is 11.9. The van der Waals surface area contributed by atoms with Crippen LogP contribution < -0.4 is 0 Å². The summed E-state index contributed by atoms with van der Waals surface area (Å²) in [6.07, 6.45) is 2.10. The summed E-state index contributed by atoms with van der Waals surface area (Å²) in [4.78, 5) is 25.0. The van der Waals surface area contributed by atoms with E-state index in [1.165, 1.54) is 7.11 Å². The molecule has 1 amide bonds. The average molecular weight is 259 g/mol. The van der Waals surface area contributed by atoms with Crippen molar-refractivity contribution in [1.82, 2.24) is 4.90 Å². The molecule has 5 nitrogen and oxygen atoms in total. The Morgan fingerprint density at radius 2 is 1.94 bits per heavy atom. The SMILES string of the molecule is CCCC(=O)N(CCCOC)CC(C)C(=O)OC. The molecule has 0 N–H and O–H groups in total. The van der Waals surface area contributed by atoms with Crippen molar-refractivity contribution in [2.45, 2.75) is 33.1 Å². The third-order valence-electron chi connectivity index (χ3n) is 2.69. The minimum absolute atomic E-state index is 0.0874. The molecule has 5 heteroatoms. The van der Waals surface area contributed by atoms with Crippen LogP contribution in [0.4, 0.5) is 0 Å². The van der Waals surface area contributed by atoms with Crippen LogP contribution in [0.5, 0.6) is 0 Å². The lowest BCUT2D eigenvalue weighted by molar-refractivity contribution is -0.146. The molecule has 0 spiro atoms. The molecule has 0 heterocycles. The van der Waals surface area contributed by atoms with E-state index >= 15 is 0 Å². The van der Waals surface area contributed by atoms with Gasteiger partial charge >= 0.3 is 5.97 Å². The molecule has 0 aliphatic carbocycles. The number of hydrogen-bond donors (Lipinski definition) is 0. The van der Waals surface area contributed by atoms with Gasteiger partial charge in [-0.2, -0.15) is 0 Å². The number of carbonyl (C=O) groups is 2. The number of esters is 1. The third kappa shape index (κ3) is 6.59. The highest BCUT2D eigenvalue weighted by atomic mass is 16.5. The zero-order chi connectivity index (χ0) is 14.0. The molecule has 18 heavy (non-hydrogen) atoms. The van der Waals surface area contributed by atoms with Gasteiger partial charge in [0.15, 0.2) is 0 Å². The molecule has 0 fully saturated rings. The summed E-state index contributed by atoms with van der Waals surface area (Å²) in [5.74, 6) is -0.487. The fourth-order valence-electron chi connectivity index (χ4n) is 1.70. The molecule has 0 aliphatic heterocycles. The summed E-state index contributed by atoms with van der Waals surface area (Å²) in [6, 6.07) is 0. The summed E-state index contributed by atoms with van der Waals surface area (Å²) in [5, 5.41) is 0. The molecule has 0 saturated carbocycles. The van der Waals surface area contributed by atoms with Crippen molar-refractivity contribution in [3.8, 4) is 0 Å². The van der Waals surface area contributed by atoms with Crippen molar-refractivity contribution in [2.75, 3.05) is 33.9 Å². The van der Waals surface area contributed by atoms with E-state index in [9.17, 15) is 9.59 Å². The van der Waals surface area contributed by atoms with Crippen LogP contribution >= 0.6 is 0 Å². The lowest BCUT2D eigenvalue weighted by Gasteiger charge is -2.25. The van der Waals surface area contributed by atoms with Gasteiger partial charge in [-0.1, -0.05) is 13.8 Å². The first-order valence-electron chi connectivity index (χ1n) is 6.41. The van der Waals surface area contributed by atoms with Crippen LogP contribution in [-0.2, 0) is 19.1 Å². The molecule has 0 rings (SSSR count). The van der Waals surface area contributed by atoms with Crippen molar-refractivity contribution in [1.29, 1.82) is 0 Å². The number of hydrogen-bond acceptors (Lipinski definition) is 4. The van der Waals surface area contributed by atoms with Gasteiger partial charge < -0.3 is 14.4 Å². The van der Waals surface area contributed by atoms with Gasteiger partial charge in [0.05, 0.1) is 13.0 Å². The van der Waals surface area contributed by atoms with Crippen LogP contribution in [0.1, 0.15) is 33.1 Å². The Labute approximate surface area is 109 Å². The van der Waals surface area contributed by atoms with Gasteiger partial charge in [-0.05, 0) is 12.8 Å². The number of nitrogens with zero attached hydrogens (tertiary/aromatic N) is 1. The van der Waals surface area contributed by atoms with Crippen LogP contribution in [0.25, 0.3) is 0 Å². The van der Waals surface area contributed by atoms with Crippen LogP contribution in [0, 0.1) is 5.92 Å². The largest absolute Gasteiger partial charge is 0.469 e. The fourth-order valence-corrected chi connectivity index (χ4v) is 1.70. The summed E-state index contributed by atoms with van der Waals surface area (Å²) < 4.78 is 9.65. The normalized spacial score (nSPS) is 12.0. The minimum Gasteiger partial charge on any atom is -0.469 e. The van der Waals surface area contributed by atoms with Crippen molar-refractivity contribution in [2.24, 2.45) is 5.92 Å². The van der Waals surface area contributed by atoms with Gasteiger partial charge in [-0.25, -0.2) is 0 Å². The van der Waals surface area contributed by atoms with E-state index in [2.05, 4.69) is 4.74 Å². The first-order valence-corrected chi connectivity index (χ1v) is 6.41. The Bertz CT molecular complexity index is 255. The number of rotatable bonds is 9. The monoisotopic (exact) mass is 259 g/mol. The molecule has 0 saturated heterocycles. The number of carbonyl (C=O) groups excluding carboxylic acids is 2. The second-order valence-electron chi connectivity index (χ2n) is 4.36. The van der Waals surface area contributed by atoms with E-state index in [1.807, 2.05) is 6.92 Å². The molecule has 1 atom stereocenters. The van der Waals surface area contributed by atoms with Crippen molar-refractivity contribution in [3.05, 3.63) is 0 Å². The molecule has 0 aliphatic rings. The van der Waals surface area contributed by atoms with Gasteiger partial charge in [0.25, 0.3) is 0 Å². The molecule has 0 aromatic carbocycles. The topological polar surface area (TPSA) is 55.8 Å². The molecular weight excluding hydrogens is 234 g/mol. The Balaban J connectivity index is 4.35. The van der Waals surface area contributed by atoms with Gasteiger partial charge in [0.1, 0.15) is 0 Å². The maximum absolute atomic E-state index is 11.9. The van der Waals surface area contributed by atoms with Crippen molar-refractivity contribution >= 4 is 11.9 Å². The Morgan fingerprint density at radius 1 is 1.28 bits per heavy atom. The summed E-state index contributed by atoms with van der Waals surface area (Å²) in [6.45, 7) is 5.38. The molecular formula is C13H25NO4. The van der Waals surface area contributed by atoms with E-state index in [4.69, 9.17) is 4.74 Å². The summed E-state index contributed by atoms with van der Waals surface area (Å²) in [5.41, 5.74) is 0. The molecule has 106 valence electrons. The van der Waals surface area contributed by atoms with E-state index in [-0.39, 0.29) is 17.8 Å². The maximum atomic E-state index is 11.9. The average Bonchev–Trinajstić information content (AvgIpc) is 2.36. The molecule has 0 radical (unpaired) electrons. The Hall–Kier alpha value is -1.10. The van der Waals surface area contributed by atoms with E-state index in [1.54, 1.807) is 18.9 Å². The Morgan fingerprint density at radius 3 is 2.44 bits per heavy atom. The van der Waals surface area contributed by atoms with E-state index < -0.39 is 0 Å². The smallest absolute Gasteiger partial charge is 0.310 e. The molecule has 0 aromatic rings. The zero-order valence-electron chi connectivity index (χ0n) is 11.9. The lowest BCUT2D eigenvalue weighted by atomic mass is 10.1. The second-order valence-corrected chi connectivity index (χ2v) is 4.36. The van der Waals surface area contributed by atoms with Crippen molar-refractivity contribution in [3.63, 3.8) is 0 Å². The standard InChI is InChI=1S/C13H25NO4/c1-5-7-12(15)14(8-6-9-17-3)10-11(2)13(16)18-4/h11H,5-10H2,1-4H3. The lowest BCUT2D eigenvalue weighted by Crippen LogP contribution is -2.38. The summed E-state index contributed by atoms with van der Waals surface area (Å²) >= 11 is 0. The molecule has 1 unspecified atom stereocenters. The second kappa shape index (κ2) is 9.88. The highest BCUT2D eigenvalue weighted by Crippen LogP contribution is 2.06. The van der Waals surface area contributed by atoms with Crippen LogP contribution in [0.3, 0.4) is 0 Å². The van der Waals surface area contributed by atoms with Gasteiger partial charge in [-0.15, -0.1) is 0 Å². The van der Waals surface area contributed by atoms with Gasteiger partial charge in [-0.3, -0.25) is 9.59 Å². The van der Waals surface area contributed by atoms with Crippen molar-refractivity contribution < 1.29 is 19.1 Å². The predicted molar refractivity (Wildman–Crippen MR) is 69.2 cm³/mol. The highest BCUT2D eigenvalue weighted by molar-refractivity contribution is 5.77. The van der Waals surface area contributed by atoms with Gasteiger partial charge in [0, 0.05) is 33.2 Å². The highest BCUT2D eigenvalue weighted by Gasteiger charge is 2.20. The first-order chi connectivity index (χ1) is 8.56. The fraction of sp³-hybridized carbons (Fsp3) is 0.846. The molecule has 0 bridgehead atoms. The van der Waals surface area contributed by atoms with Crippen LogP contribution in [0.15, 0.2) is 0 Å². The quantitative estimate of drug-likeness (QED) is 0.464. The minimum atomic E-state index is -0.293. The van der Waals surface area contributed by atoms with Crippen LogP contribution in [0.2, 0.25) is 0 Å².